The number of carboxylic acid groups (broad SMARTS) is 1. The zero-order chi connectivity index (χ0) is 12.3. The minimum absolute atomic E-state index is 0.361. The summed E-state index contributed by atoms with van der Waals surface area (Å²) in [7, 11) is 0. The third-order valence-electron chi connectivity index (χ3n) is 3.49. The molecule has 1 unspecified atom stereocenters. The molecule has 1 aliphatic heterocycles. The second-order valence-corrected chi connectivity index (χ2v) is 5.80. The van der Waals surface area contributed by atoms with Crippen molar-refractivity contribution in [3.63, 3.8) is 0 Å². The van der Waals surface area contributed by atoms with Gasteiger partial charge in [-0.1, -0.05) is 26.8 Å². The largest absolute Gasteiger partial charge is 0.478 e. The average molecular weight is 225 g/mol. The summed E-state index contributed by atoms with van der Waals surface area (Å²) in [5, 5.41) is 8.75. The van der Waals surface area contributed by atoms with Gasteiger partial charge in [-0.25, -0.2) is 4.79 Å². The molecule has 0 saturated carbocycles. The van der Waals surface area contributed by atoms with Crippen molar-refractivity contribution in [2.24, 2.45) is 11.3 Å². The molecule has 0 aromatic carbocycles. The topological polar surface area (TPSA) is 40.5 Å². The first-order chi connectivity index (χ1) is 7.30. The molecule has 1 rings (SSSR count). The molecule has 1 saturated heterocycles. The van der Waals surface area contributed by atoms with Gasteiger partial charge in [-0.2, -0.15) is 0 Å². The fraction of sp³-hybridized carbons (Fsp3) is 0.769. The molecule has 0 aromatic heterocycles. The number of hydrogen-bond donors (Lipinski definition) is 1. The lowest BCUT2D eigenvalue weighted by molar-refractivity contribution is -0.132. The molecule has 0 bridgehead atoms. The van der Waals surface area contributed by atoms with Crippen LogP contribution in [0.2, 0.25) is 0 Å². The number of rotatable bonds is 3. The van der Waals surface area contributed by atoms with Crippen LogP contribution in [0.1, 0.15) is 34.1 Å². The van der Waals surface area contributed by atoms with Gasteiger partial charge >= 0.3 is 5.97 Å². The molecular weight excluding hydrogens is 202 g/mol. The number of hydrogen-bond acceptors (Lipinski definition) is 2. The van der Waals surface area contributed by atoms with E-state index in [2.05, 4.69) is 25.7 Å². The highest BCUT2D eigenvalue weighted by Gasteiger charge is 2.31. The minimum Gasteiger partial charge on any atom is -0.478 e. The Morgan fingerprint density at radius 2 is 2.12 bits per heavy atom. The van der Waals surface area contributed by atoms with E-state index in [4.69, 9.17) is 5.11 Å². The molecule has 16 heavy (non-hydrogen) atoms. The lowest BCUT2D eigenvalue weighted by Crippen LogP contribution is -2.26. The first-order valence-corrected chi connectivity index (χ1v) is 5.93. The zero-order valence-electron chi connectivity index (χ0n) is 10.8. The van der Waals surface area contributed by atoms with Crippen LogP contribution in [0.25, 0.3) is 0 Å². The Bertz CT molecular complexity index is 289. The van der Waals surface area contributed by atoms with Gasteiger partial charge in [0.15, 0.2) is 0 Å². The maximum Gasteiger partial charge on any atom is 0.330 e. The number of aliphatic carboxylic acids is 1. The fourth-order valence-corrected chi connectivity index (χ4v) is 2.06. The van der Waals surface area contributed by atoms with E-state index >= 15 is 0 Å². The normalized spacial score (nSPS) is 23.8. The van der Waals surface area contributed by atoms with Crippen LogP contribution < -0.4 is 0 Å². The summed E-state index contributed by atoms with van der Waals surface area (Å²) in [6.07, 6.45) is 3.04. The molecular formula is C13H23NO2. The third-order valence-corrected chi connectivity index (χ3v) is 3.49. The van der Waals surface area contributed by atoms with Crippen LogP contribution in [0, 0.1) is 11.3 Å². The van der Waals surface area contributed by atoms with Crippen molar-refractivity contribution in [3.8, 4) is 0 Å². The highest BCUT2D eigenvalue weighted by Crippen LogP contribution is 2.33. The molecule has 1 N–H and O–H groups in total. The quantitative estimate of drug-likeness (QED) is 0.750. The van der Waals surface area contributed by atoms with Crippen LogP contribution in [-0.2, 0) is 4.79 Å². The minimum atomic E-state index is -0.813. The van der Waals surface area contributed by atoms with Gasteiger partial charge in [-0.05, 0) is 31.2 Å². The van der Waals surface area contributed by atoms with E-state index in [1.807, 2.05) is 6.08 Å². The smallest absolute Gasteiger partial charge is 0.330 e. The molecule has 0 aliphatic carbocycles. The van der Waals surface area contributed by atoms with Crippen molar-refractivity contribution in [3.05, 3.63) is 11.6 Å². The lowest BCUT2D eigenvalue weighted by atomic mass is 9.80. The van der Waals surface area contributed by atoms with Crippen molar-refractivity contribution in [2.45, 2.75) is 34.1 Å². The van der Waals surface area contributed by atoms with E-state index in [9.17, 15) is 4.79 Å². The van der Waals surface area contributed by atoms with Gasteiger partial charge in [-0.3, -0.25) is 4.90 Å². The Kier molecular flexibility index (Phi) is 4.14. The molecule has 0 spiro atoms. The van der Waals surface area contributed by atoms with Crippen molar-refractivity contribution < 1.29 is 9.90 Å². The average Bonchev–Trinajstić information content (AvgIpc) is 2.61. The number of likely N-dealkylation sites (tertiary alicyclic amines) is 1. The van der Waals surface area contributed by atoms with Gasteiger partial charge in [0.25, 0.3) is 0 Å². The molecule has 92 valence electrons. The standard InChI is InChI=1S/C13H23NO2/c1-10(12(15)16)5-7-14-8-6-11(9-14)13(2,3)4/h5,11H,6-9H2,1-4H3,(H,15,16). The van der Waals surface area contributed by atoms with Crippen molar-refractivity contribution >= 4 is 5.97 Å². The number of nitrogens with zero attached hydrogens (tertiary/aromatic N) is 1. The summed E-state index contributed by atoms with van der Waals surface area (Å²) in [6, 6.07) is 0. The number of carbonyl (C=O) groups is 1. The fourth-order valence-electron chi connectivity index (χ4n) is 2.06. The molecule has 0 aromatic rings. The molecule has 1 heterocycles. The summed E-state index contributed by atoms with van der Waals surface area (Å²) in [4.78, 5) is 13.0. The molecule has 0 amide bonds. The van der Waals surface area contributed by atoms with E-state index in [0.29, 0.717) is 11.0 Å². The predicted octanol–water partition coefficient (Wildman–Crippen LogP) is 2.39. The van der Waals surface area contributed by atoms with E-state index in [1.165, 1.54) is 6.42 Å². The molecule has 1 aliphatic rings. The van der Waals surface area contributed by atoms with Crippen LogP contribution >= 0.6 is 0 Å². The molecule has 0 radical (unpaired) electrons. The molecule has 3 heteroatoms. The highest BCUT2D eigenvalue weighted by molar-refractivity contribution is 5.85. The van der Waals surface area contributed by atoms with Crippen molar-refractivity contribution in [1.29, 1.82) is 0 Å². The van der Waals surface area contributed by atoms with E-state index < -0.39 is 5.97 Å². The maximum absolute atomic E-state index is 10.6. The van der Waals surface area contributed by atoms with Gasteiger partial charge in [-0.15, -0.1) is 0 Å². The van der Waals surface area contributed by atoms with E-state index in [-0.39, 0.29) is 0 Å². The third kappa shape index (κ3) is 3.63. The number of carboxylic acids is 1. The molecule has 1 atom stereocenters. The van der Waals surface area contributed by atoms with Crippen LogP contribution in [0.3, 0.4) is 0 Å². The van der Waals surface area contributed by atoms with E-state index in [0.717, 1.165) is 25.6 Å². The second-order valence-electron chi connectivity index (χ2n) is 5.80. The van der Waals surface area contributed by atoms with Crippen molar-refractivity contribution in [1.82, 2.24) is 4.90 Å². The predicted molar refractivity (Wildman–Crippen MR) is 65.4 cm³/mol. The van der Waals surface area contributed by atoms with Crippen LogP contribution in [0.4, 0.5) is 0 Å². The SMILES string of the molecule is CC(=CCN1CCC(C(C)(C)C)C1)C(=O)O. The summed E-state index contributed by atoms with van der Waals surface area (Å²) < 4.78 is 0. The lowest BCUT2D eigenvalue weighted by Gasteiger charge is -2.26. The monoisotopic (exact) mass is 225 g/mol. The second kappa shape index (κ2) is 5.00. The first kappa shape index (κ1) is 13.2. The molecule has 3 nitrogen and oxygen atoms in total. The van der Waals surface area contributed by atoms with Gasteiger partial charge in [0.2, 0.25) is 0 Å². The van der Waals surface area contributed by atoms with Crippen molar-refractivity contribution in [2.75, 3.05) is 19.6 Å². The summed E-state index contributed by atoms with van der Waals surface area (Å²) in [6.45, 7) is 11.4. The van der Waals surface area contributed by atoms with Gasteiger partial charge in [0, 0.05) is 18.7 Å². The Balaban J connectivity index is 2.44. The van der Waals surface area contributed by atoms with E-state index in [1.54, 1.807) is 6.92 Å². The Morgan fingerprint density at radius 3 is 2.56 bits per heavy atom. The summed E-state index contributed by atoms with van der Waals surface area (Å²) in [5.74, 6) is -0.0856. The Labute approximate surface area is 98.1 Å². The summed E-state index contributed by atoms with van der Waals surface area (Å²) >= 11 is 0. The maximum atomic E-state index is 10.6. The van der Waals surface area contributed by atoms with Crippen LogP contribution in [0.5, 0.6) is 0 Å². The van der Waals surface area contributed by atoms with Gasteiger partial charge in [0.05, 0.1) is 0 Å². The Morgan fingerprint density at radius 1 is 1.50 bits per heavy atom. The zero-order valence-corrected chi connectivity index (χ0v) is 10.8. The van der Waals surface area contributed by atoms with Gasteiger partial charge < -0.3 is 5.11 Å². The highest BCUT2D eigenvalue weighted by atomic mass is 16.4. The summed E-state index contributed by atoms with van der Waals surface area (Å²) in [5.41, 5.74) is 0.805. The van der Waals surface area contributed by atoms with Crippen LogP contribution in [0.15, 0.2) is 11.6 Å². The molecule has 1 fully saturated rings. The van der Waals surface area contributed by atoms with Gasteiger partial charge in [0.1, 0.15) is 0 Å². The first-order valence-electron chi connectivity index (χ1n) is 5.93. The van der Waals surface area contributed by atoms with Crippen LogP contribution in [-0.4, -0.2) is 35.6 Å². The Hall–Kier alpha value is -0.830.